The summed E-state index contributed by atoms with van der Waals surface area (Å²) >= 11 is 0. The largest absolute Gasteiger partial charge is 0.480 e. The maximum Gasteiger partial charge on any atom is 0.408 e. The second-order valence-electron chi connectivity index (χ2n) is 4.63. The molecule has 5 N–H and O–H groups in total. The second-order valence-corrected chi connectivity index (χ2v) is 4.63. The van der Waals surface area contributed by atoms with E-state index in [2.05, 4.69) is 5.32 Å². The fourth-order valence-corrected chi connectivity index (χ4v) is 1.55. The molecule has 1 rings (SSSR count). The molecule has 0 aliphatic heterocycles. The molecular formula is C15H18N2O6. The van der Waals surface area contributed by atoms with Crippen LogP contribution in [0.4, 0.5) is 4.79 Å². The van der Waals surface area contributed by atoms with E-state index < -0.39 is 30.1 Å². The molecule has 1 amide bonds. The Morgan fingerprint density at radius 3 is 2.39 bits per heavy atom. The number of carbonyl (C=O) groups excluding carboxylic acids is 1. The molecular weight excluding hydrogens is 304 g/mol. The number of nitrogens with one attached hydrogen (secondary N) is 1. The van der Waals surface area contributed by atoms with E-state index in [0.29, 0.717) is 0 Å². The predicted molar refractivity (Wildman–Crippen MR) is 80.6 cm³/mol. The Morgan fingerprint density at radius 1 is 1.17 bits per heavy atom. The molecule has 0 aromatic heterocycles. The Morgan fingerprint density at radius 2 is 1.83 bits per heavy atom. The lowest BCUT2D eigenvalue weighted by atomic mass is 10.2. The van der Waals surface area contributed by atoms with Gasteiger partial charge >= 0.3 is 18.0 Å². The van der Waals surface area contributed by atoms with E-state index in [4.69, 9.17) is 20.7 Å². The molecule has 0 spiro atoms. The molecule has 0 aliphatic carbocycles. The summed E-state index contributed by atoms with van der Waals surface area (Å²) < 4.78 is 4.91. The molecule has 8 heteroatoms. The number of carboxylic acid groups (broad SMARTS) is 2. The topological polar surface area (TPSA) is 139 Å². The number of nitrogens with two attached hydrogens (primary N) is 1. The van der Waals surface area contributed by atoms with Gasteiger partial charge in [0.1, 0.15) is 18.7 Å². The summed E-state index contributed by atoms with van der Waals surface area (Å²) in [5.74, 6) is -2.50. The number of carboxylic acids is 2. The maximum absolute atomic E-state index is 11.6. The summed E-state index contributed by atoms with van der Waals surface area (Å²) in [5.41, 5.74) is 6.04. The van der Waals surface area contributed by atoms with Crippen molar-refractivity contribution in [3.8, 4) is 0 Å². The van der Waals surface area contributed by atoms with Gasteiger partial charge in [0.25, 0.3) is 0 Å². The van der Waals surface area contributed by atoms with Gasteiger partial charge in [-0.1, -0.05) is 42.5 Å². The molecule has 124 valence electrons. The van der Waals surface area contributed by atoms with E-state index in [0.717, 1.165) is 11.6 Å². The summed E-state index contributed by atoms with van der Waals surface area (Å²) in [6, 6.07) is 6.43. The van der Waals surface area contributed by atoms with E-state index in [-0.39, 0.29) is 13.0 Å². The number of hydrogen-bond acceptors (Lipinski definition) is 5. The van der Waals surface area contributed by atoms with Crippen LogP contribution in [0.3, 0.4) is 0 Å². The third kappa shape index (κ3) is 7.09. The van der Waals surface area contributed by atoms with Gasteiger partial charge in [0.2, 0.25) is 0 Å². The van der Waals surface area contributed by atoms with Crippen molar-refractivity contribution in [3.63, 3.8) is 0 Å². The quantitative estimate of drug-likeness (QED) is 0.517. The lowest BCUT2D eigenvalue weighted by Crippen LogP contribution is -2.39. The minimum absolute atomic E-state index is 0.00656. The summed E-state index contributed by atoms with van der Waals surface area (Å²) in [6.45, 7) is 0.00656. The van der Waals surface area contributed by atoms with Crippen molar-refractivity contribution in [2.24, 2.45) is 5.73 Å². The summed E-state index contributed by atoms with van der Waals surface area (Å²) in [5, 5.41) is 19.8. The molecule has 23 heavy (non-hydrogen) atoms. The lowest BCUT2D eigenvalue weighted by Gasteiger charge is -2.11. The van der Waals surface area contributed by atoms with Crippen molar-refractivity contribution >= 4 is 18.0 Å². The molecule has 0 radical (unpaired) electrons. The first kappa shape index (κ1) is 18.2. The number of alkyl carbamates (subject to hydrolysis) is 1. The first-order valence-corrected chi connectivity index (χ1v) is 6.75. The molecule has 0 heterocycles. The monoisotopic (exact) mass is 322 g/mol. The van der Waals surface area contributed by atoms with Crippen LogP contribution in [0.25, 0.3) is 0 Å². The van der Waals surface area contributed by atoms with E-state index in [1.807, 2.05) is 6.07 Å². The molecule has 0 saturated heterocycles. The Kier molecular flexibility index (Phi) is 7.28. The van der Waals surface area contributed by atoms with E-state index >= 15 is 0 Å². The van der Waals surface area contributed by atoms with Crippen LogP contribution >= 0.6 is 0 Å². The molecule has 0 unspecified atom stereocenters. The van der Waals surface area contributed by atoms with E-state index in [1.165, 1.54) is 6.08 Å². The number of ether oxygens (including phenoxy) is 1. The van der Waals surface area contributed by atoms with Crippen molar-refractivity contribution in [1.29, 1.82) is 0 Å². The average molecular weight is 322 g/mol. The Hall–Kier alpha value is -2.87. The van der Waals surface area contributed by atoms with Gasteiger partial charge in [0, 0.05) is 0 Å². The lowest BCUT2D eigenvalue weighted by molar-refractivity contribution is -0.139. The van der Waals surface area contributed by atoms with Gasteiger partial charge in [-0.05, 0) is 12.0 Å². The first-order chi connectivity index (χ1) is 10.9. The van der Waals surface area contributed by atoms with Gasteiger partial charge in [-0.3, -0.25) is 4.79 Å². The zero-order chi connectivity index (χ0) is 17.2. The third-order valence-electron chi connectivity index (χ3n) is 2.79. The Labute approximate surface area is 132 Å². The van der Waals surface area contributed by atoms with Gasteiger partial charge < -0.3 is 26.0 Å². The minimum Gasteiger partial charge on any atom is -0.480 e. The van der Waals surface area contributed by atoms with Crippen molar-refractivity contribution in [3.05, 3.63) is 48.0 Å². The molecule has 0 bridgehead atoms. The molecule has 1 aromatic rings. The summed E-state index contributed by atoms with van der Waals surface area (Å²) in [6.07, 6.45) is 1.48. The number of hydrogen-bond donors (Lipinski definition) is 4. The fourth-order valence-electron chi connectivity index (χ4n) is 1.55. The van der Waals surface area contributed by atoms with Crippen molar-refractivity contribution in [1.82, 2.24) is 5.32 Å². The van der Waals surface area contributed by atoms with Gasteiger partial charge in [-0.25, -0.2) is 9.59 Å². The fraction of sp³-hybridized carbons (Fsp3) is 0.267. The normalized spacial score (nSPS) is 13.3. The van der Waals surface area contributed by atoms with E-state index in [9.17, 15) is 14.4 Å². The average Bonchev–Trinajstić information content (AvgIpc) is 2.52. The molecule has 0 fully saturated rings. The van der Waals surface area contributed by atoms with Crippen LogP contribution in [0.1, 0.15) is 12.0 Å². The predicted octanol–water partition coefficient (Wildman–Crippen LogP) is 0.724. The smallest absolute Gasteiger partial charge is 0.408 e. The highest BCUT2D eigenvalue weighted by atomic mass is 16.5. The molecule has 8 nitrogen and oxygen atoms in total. The molecule has 1 aromatic carbocycles. The van der Waals surface area contributed by atoms with Gasteiger partial charge in [-0.15, -0.1) is 0 Å². The third-order valence-corrected chi connectivity index (χ3v) is 2.79. The van der Waals surface area contributed by atoms with Crippen molar-refractivity contribution < 1.29 is 29.3 Å². The Bertz CT molecular complexity index is 573. The second kappa shape index (κ2) is 9.21. The molecule has 2 atom stereocenters. The number of amides is 1. The van der Waals surface area contributed by atoms with Gasteiger partial charge in [0.05, 0.1) is 0 Å². The number of aliphatic carboxylic acids is 2. The van der Waals surface area contributed by atoms with Gasteiger partial charge in [-0.2, -0.15) is 0 Å². The minimum atomic E-state index is -1.33. The van der Waals surface area contributed by atoms with Crippen LogP contribution in [0.15, 0.2) is 42.5 Å². The number of benzene rings is 1. The highest BCUT2D eigenvalue weighted by Crippen LogP contribution is 2.01. The van der Waals surface area contributed by atoms with Crippen molar-refractivity contribution in [2.75, 3.05) is 0 Å². The highest BCUT2D eigenvalue weighted by Gasteiger charge is 2.18. The highest BCUT2D eigenvalue weighted by molar-refractivity contribution is 5.81. The summed E-state index contributed by atoms with van der Waals surface area (Å²) in [4.78, 5) is 33.2. The molecule has 0 saturated carbocycles. The van der Waals surface area contributed by atoms with Crippen molar-refractivity contribution in [2.45, 2.75) is 25.1 Å². The molecule has 0 aliphatic rings. The van der Waals surface area contributed by atoms with Crippen LogP contribution in [0, 0.1) is 0 Å². The zero-order valence-electron chi connectivity index (χ0n) is 12.2. The zero-order valence-corrected chi connectivity index (χ0v) is 12.2. The van der Waals surface area contributed by atoms with Crippen LogP contribution in [-0.4, -0.2) is 40.3 Å². The van der Waals surface area contributed by atoms with Gasteiger partial charge in [0.15, 0.2) is 0 Å². The van der Waals surface area contributed by atoms with Crippen LogP contribution in [-0.2, 0) is 20.9 Å². The SMILES string of the molecule is N[C@@H](C/C=C\[C@@H](NC(=O)OCc1ccccc1)C(=O)O)C(=O)O. The summed E-state index contributed by atoms with van der Waals surface area (Å²) in [7, 11) is 0. The number of rotatable bonds is 8. The Balaban J connectivity index is 2.48. The first-order valence-electron chi connectivity index (χ1n) is 6.75. The number of carbonyl (C=O) groups is 3. The van der Waals surface area contributed by atoms with Crippen LogP contribution in [0.5, 0.6) is 0 Å². The van der Waals surface area contributed by atoms with Crippen LogP contribution < -0.4 is 11.1 Å². The standard InChI is InChI=1S/C15H18N2O6/c16-11(13(18)19)7-4-8-12(14(20)21)17-15(22)23-9-10-5-2-1-3-6-10/h1-6,8,11-12H,7,9,16H2,(H,17,22)(H,18,19)(H,20,21)/b8-4-/t11-,12+/m0/s1. The maximum atomic E-state index is 11.6. The van der Waals surface area contributed by atoms with Crippen LogP contribution in [0.2, 0.25) is 0 Å². The van der Waals surface area contributed by atoms with E-state index in [1.54, 1.807) is 24.3 Å².